The van der Waals surface area contributed by atoms with Crippen molar-refractivity contribution >= 4 is 87.1 Å². The predicted molar refractivity (Wildman–Crippen MR) is 155 cm³/mol. The minimum Gasteiger partial charge on any atom is -0.417 e. The molecule has 172 valence electrons. The molecular formula is C22H31Br3O2S2Si2. The fraction of sp³-hybridized carbons (Fsp3) is 0.455. The lowest BCUT2D eigenvalue weighted by molar-refractivity contribution is 0.321. The van der Waals surface area contributed by atoms with E-state index in [2.05, 4.69) is 110 Å². The molecule has 0 amide bonds. The lowest BCUT2D eigenvalue weighted by Crippen LogP contribution is -2.25. The Hall–Kier alpha value is 0.314. The third kappa shape index (κ3) is 19.5. The Kier molecular flexibility index (Phi) is 17.0. The maximum absolute atomic E-state index is 5.71. The first-order valence-electron chi connectivity index (χ1n) is 9.65. The van der Waals surface area contributed by atoms with Gasteiger partial charge in [0.2, 0.25) is 0 Å². The van der Waals surface area contributed by atoms with Gasteiger partial charge < -0.3 is 8.85 Å². The summed E-state index contributed by atoms with van der Waals surface area (Å²) in [5.74, 6) is 8.79. The van der Waals surface area contributed by atoms with Crippen molar-refractivity contribution < 1.29 is 8.85 Å². The van der Waals surface area contributed by atoms with Gasteiger partial charge in [0.1, 0.15) is 0 Å². The summed E-state index contributed by atoms with van der Waals surface area (Å²) in [6.45, 7) is 14.5. The van der Waals surface area contributed by atoms with Crippen LogP contribution in [0.15, 0.2) is 34.9 Å². The summed E-state index contributed by atoms with van der Waals surface area (Å²) in [7, 11) is -2.65. The van der Waals surface area contributed by atoms with Gasteiger partial charge in [-0.05, 0) is 87.1 Å². The SMILES string of the molecule is Brc1cscc1Br.C#CCCO[Si](C)(C)C.C[Si](C)(C)OCCC#Cc1cscc1Br. The van der Waals surface area contributed by atoms with Gasteiger partial charge in [0.25, 0.3) is 0 Å². The average molecular weight is 688 g/mol. The van der Waals surface area contributed by atoms with Crippen molar-refractivity contribution in [3.05, 3.63) is 40.5 Å². The topological polar surface area (TPSA) is 18.5 Å². The van der Waals surface area contributed by atoms with Gasteiger partial charge >= 0.3 is 0 Å². The molecule has 0 aliphatic rings. The summed E-state index contributed by atoms with van der Waals surface area (Å²) in [6, 6.07) is 0. The molecule has 2 aromatic rings. The zero-order valence-corrected chi connectivity index (χ0v) is 27.4. The van der Waals surface area contributed by atoms with Crippen LogP contribution in [0.4, 0.5) is 0 Å². The minimum atomic E-state index is -1.36. The van der Waals surface area contributed by atoms with Crippen LogP contribution in [0.3, 0.4) is 0 Å². The van der Waals surface area contributed by atoms with Crippen LogP contribution < -0.4 is 0 Å². The molecule has 0 spiro atoms. The van der Waals surface area contributed by atoms with Crippen LogP contribution in [0.1, 0.15) is 18.4 Å². The van der Waals surface area contributed by atoms with Gasteiger partial charge in [-0.1, -0.05) is 11.8 Å². The molecule has 0 radical (unpaired) electrons. The summed E-state index contributed by atoms with van der Waals surface area (Å²) in [4.78, 5) is 0. The normalized spacial score (nSPS) is 10.6. The molecule has 0 N–H and O–H groups in total. The predicted octanol–water partition coefficient (Wildman–Crippen LogP) is 9.24. The second-order valence-corrected chi connectivity index (χ2v) is 21.2. The number of hydrogen-bond acceptors (Lipinski definition) is 4. The zero-order chi connectivity index (χ0) is 23.9. The van der Waals surface area contributed by atoms with Crippen LogP contribution in [-0.4, -0.2) is 29.8 Å². The van der Waals surface area contributed by atoms with E-state index >= 15 is 0 Å². The molecule has 2 rings (SSSR count). The molecule has 2 nitrogen and oxygen atoms in total. The minimum absolute atomic E-state index is 0.728. The highest BCUT2D eigenvalue weighted by Gasteiger charge is 2.13. The monoisotopic (exact) mass is 684 g/mol. The Morgan fingerprint density at radius 1 is 0.774 bits per heavy atom. The molecule has 0 unspecified atom stereocenters. The second kappa shape index (κ2) is 16.9. The van der Waals surface area contributed by atoms with Gasteiger partial charge in [-0.3, -0.25) is 0 Å². The van der Waals surface area contributed by atoms with Crippen LogP contribution in [0.2, 0.25) is 39.3 Å². The van der Waals surface area contributed by atoms with Crippen molar-refractivity contribution in [1.29, 1.82) is 0 Å². The molecule has 0 atom stereocenters. The van der Waals surface area contributed by atoms with E-state index in [4.69, 9.17) is 15.3 Å². The van der Waals surface area contributed by atoms with Gasteiger partial charge in [0.15, 0.2) is 16.6 Å². The third-order valence-corrected chi connectivity index (χ3v) is 9.99. The van der Waals surface area contributed by atoms with E-state index in [-0.39, 0.29) is 0 Å². The Morgan fingerprint density at radius 2 is 1.23 bits per heavy atom. The highest BCUT2D eigenvalue weighted by Crippen LogP contribution is 2.26. The Balaban J connectivity index is 0.000000478. The summed E-state index contributed by atoms with van der Waals surface area (Å²) in [5.41, 5.74) is 1.08. The number of halogens is 3. The number of thiophene rings is 2. The number of rotatable bonds is 6. The van der Waals surface area contributed by atoms with Crippen molar-refractivity contribution in [2.45, 2.75) is 52.1 Å². The van der Waals surface area contributed by atoms with Gasteiger partial charge in [0, 0.05) is 66.6 Å². The van der Waals surface area contributed by atoms with Crippen LogP contribution in [-0.2, 0) is 8.85 Å². The maximum atomic E-state index is 5.71. The van der Waals surface area contributed by atoms with E-state index in [1.165, 1.54) is 0 Å². The van der Waals surface area contributed by atoms with E-state index in [0.29, 0.717) is 0 Å². The van der Waals surface area contributed by atoms with Gasteiger partial charge in [-0.2, -0.15) is 11.3 Å². The molecular weight excluding hydrogens is 656 g/mol. The molecule has 0 fully saturated rings. The molecule has 0 saturated heterocycles. The molecule has 0 saturated carbocycles. The van der Waals surface area contributed by atoms with E-state index in [1.807, 2.05) is 16.1 Å². The van der Waals surface area contributed by atoms with E-state index in [1.54, 1.807) is 22.7 Å². The fourth-order valence-corrected chi connectivity index (χ4v) is 6.11. The molecule has 2 heterocycles. The van der Waals surface area contributed by atoms with E-state index in [9.17, 15) is 0 Å². The van der Waals surface area contributed by atoms with Crippen LogP contribution in [0.25, 0.3) is 0 Å². The Labute approximate surface area is 224 Å². The van der Waals surface area contributed by atoms with Crippen molar-refractivity contribution in [2.75, 3.05) is 13.2 Å². The largest absolute Gasteiger partial charge is 0.417 e. The first kappa shape index (κ1) is 31.3. The fourth-order valence-electron chi connectivity index (χ4n) is 1.62. The average Bonchev–Trinajstić information content (AvgIpc) is 3.22. The van der Waals surface area contributed by atoms with Gasteiger partial charge in [-0.25, -0.2) is 0 Å². The molecule has 31 heavy (non-hydrogen) atoms. The Morgan fingerprint density at radius 3 is 1.58 bits per heavy atom. The van der Waals surface area contributed by atoms with E-state index < -0.39 is 16.6 Å². The summed E-state index contributed by atoms with van der Waals surface area (Å²) in [5, 5.41) is 8.16. The van der Waals surface area contributed by atoms with Crippen LogP contribution >= 0.6 is 70.5 Å². The molecule has 0 aliphatic heterocycles. The number of terminal acetylenes is 1. The number of hydrogen-bond donors (Lipinski definition) is 0. The van der Waals surface area contributed by atoms with Crippen molar-refractivity contribution in [3.63, 3.8) is 0 Å². The smallest absolute Gasteiger partial charge is 0.183 e. The van der Waals surface area contributed by atoms with Gasteiger partial charge in [0.05, 0.1) is 0 Å². The van der Waals surface area contributed by atoms with Gasteiger partial charge in [-0.15, -0.1) is 23.7 Å². The van der Waals surface area contributed by atoms with Crippen LogP contribution in [0, 0.1) is 24.2 Å². The molecule has 0 bridgehead atoms. The van der Waals surface area contributed by atoms with Crippen LogP contribution in [0.5, 0.6) is 0 Å². The van der Waals surface area contributed by atoms with E-state index in [0.717, 1.165) is 45.0 Å². The maximum Gasteiger partial charge on any atom is 0.183 e. The van der Waals surface area contributed by atoms with Crippen molar-refractivity contribution in [2.24, 2.45) is 0 Å². The lowest BCUT2D eigenvalue weighted by atomic mass is 10.3. The first-order valence-corrected chi connectivity index (χ1v) is 20.7. The quantitative estimate of drug-likeness (QED) is 0.171. The van der Waals surface area contributed by atoms with Crippen molar-refractivity contribution in [1.82, 2.24) is 0 Å². The standard InChI is InChI=1S/C11H15BrOSSi.C7H14OSi.C4H2Br2S/c1-15(2,3)13-7-5-4-6-10-8-14-9-11(10)12;1-5-6-7-8-9(2,3)4;5-3-1-7-2-4(3)6/h8-9H,5,7H2,1-3H3;1H,6-7H2,2-4H3;1-2H. The summed E-state index contributed by atoms with van der Waals surface area (Å²) < 4.78 is 14.5. The first-order chi connectivity index (χ1) is 14.4. The lowest BCUT2D eigenvalue weighted by Gasteiger charge is -2.15. The highest BCUT2D eigenvalue weighted by molar-refractivity contribution is 9.13. The Bertz CT molecular complexity index is 834. The zero-order valence-electron chi connectivity index (χ0n) is 19.0. The molecule has 2 aromatic heterocycles. The molecule has 0 aromatic carbocycles. The second-order valence-electron chi connectivity index (χ2n) is 8.13. The third-order valence-electron chi connectivity index (χ3n) is 2.95. The van der Waals surface area contributed by atoms with Crippen molar-refractivity contribution in [3.8, 4) is 24.2 Å². The summed E-state index contributed by atoms with van der Waals surface area (Å²) in [6.07, 6.45) is 6.60. The summed E-state index contributed by atoms with van der Waals surface area (Å²) >= 11 is 13.4. The molecule has 0 aliphatic carbocycles. The molecule has 9 heteroatoms. The highest BCUT2D eigenvalue weighted by atomic mass is 79.9.